The largest absolute Gasteiger partial charge is 0.458 e. The molecule has 208 valence electrons. The van der Waals surface area contributed by atoms with Gasteiger partial charge in [-0.05, 0) is 94.6 Å². The Kier molecular flexibility index (Phi) is 4.16. The molecule has 4 aliphatic heterocycles. The van der Waals surface area contributed by atoms with Crippen LogP contribution in [0.1, 0.15) is 0 Å². The Balaban J connectivity index is 1.33. The zero-order valence-electron chi connectivity index (χ0n) is 24.7. The van der Waals surface area contributed by atoms with Gasteiger partial charge >= 0.3 is 0 Å². The monoisotopic (exact) mass is 580 g/mol. The lowest BCUT2D eigenvalue weighted by atomic mass is 9.27. The van der Waals surface area contributed by atoms with Gasteiger partial charge in [-0.15, -0.1) is 0 Å². The van der Waals surface area contributed by atoms with E-state index < -0.39 is 0 Å². The molecule has 12 rings (SSSR count). The van der Waals surface area contributed by atoms with Gasteiger partial charge in [0.1, 0.15) is 23.0 Å². The summed E-state index contributed by atoms with van der Waals surface area (Å²) in [6.45, 7) is 0.142. The fraction of sp³-hybridized carbons (Fsp3) is 0. The van der Waals surface area contributed by atoms with Gasteiger partial charge in [-0.25, -0.2) is 0 Å². The van der Waals surface area contributed by atoms with E-state index in [2.05, 4.69) is 133 Å². The van der Waals surface area contributed by atoms with Gasteiger partial charge in [0.25, 0.3) is 13.4 Å². The molecule has 4 heterocycles. The predicted molar refractivity (Wildman–Crippen MR) is 192 cm³/mol. The summed E-state index contributed by atoms with van der Waals surface area (Å²) in [6, 6.07) is 48.9. The fourth-order valence-corrected chi connectivity index (χ4v) is 9.27. The minimum Gasteiger partial charge on any atom is -0.458 e. The lowest BCUT2D eigenvalue weighted by Gasteiger charge is -2.41. The third-order valence-corrected chi connectivity index (χ3v) is 11.0. The molecule has 0 fully saturated rings. The molecule has 8 aromatic rings. The van der Waals surface area contributed by atoms with Crippen LogP contribution in [-0.2, 0) is 0 Å². The van der Waals surface area contributed by atoms with Gasteiger partial charge in [0.2, 0.25) is 0 Å². The molecule has 46 heavy (non-hydrogen) atoms. The Hall–Kier alpha value is -5.73. The Labute approximate surface area is 266 Å². The predicted octanol–water partition coefficient (Wildman–Crippen LogP) is 6.35. The Morgan fingerprint density at radius 1 is 0.370 bits per heavy atom. The lowest BCUT2D eigenvalue weighted by Crippen LogP contribution is -2.64. The van der Waals surface area contributed by atoms with Crippen LogP contribution in [0.2, 0.25) is 0 Å². The fourth-order valence-electron chi connectivity index (χ4n) is 9.27. The van der Waals surface area contributed by atoms with E-state index in [1.165, 1.54) is 87.3 Å². The third kappa shape index (κ3) is 2.70. The van der Waals surface area contributed by atoms with Gasteiger partial charge in [0, 0.05) is 6.07 Å². The molecule has 8 aromatic carbocycles. The summed E-state index contributed by atoms with van der Waals surface area (Å²) in [5, 5.41) is 7.84. The highest BCUT2D eigenvalue weighted by Crippen LogP contribution is 2.49. The molecule has 0 unspecified atom stereocenters. The first-order valence-corrected chi connectivity index (χ1v) is 16.1. The molecule has 0 bridgehead atoms. The van der Waals surface area contributed by atoms with E-state index in [4.69, 9.17) is 9.47 Å². The smallest absolute Gasteiger partial charge is 0.252 e. The van der Waals surface area contributed by atoms with Crippen LogP contribution in [0.25, 0.3) is 54.6 Å². The Morgan fingerprint density at radius 2 is 0.913 bits per heavy atom. The van der Waals surface area contributed by atoms with E-state index in [0.29, 0.717) is 0 Å². The Bertz CT molecular complexity index is 2590. The number of benzene rings is 8. The van der Waals surface area contributed by atoms with E-state index in [1.54, 1.807) is 0 Å². The highest BCUT2D eigenvalue weighted by Gasteiger charge is 2.48. The van der Waals surface area contributed by atoms with Crippen molar-refractivity contribution in [2.75, 3.05) is 0 Å². The molecular weight excluding hydrogens is 558 g/mol. The van der Waals surface area contributed by atoms with Crippen molar-refractivity contribution in [2.24, 2.45) is 0 Å². The second kappa shape index (κ2) is 8.10. The first kappa shape index (κ1) is 23.6. The summed E-state index contributed by atoms with van der Waals surface area (Å²) >= 11 is 0. The van der Waals surface area contributed by atoms with Crippen LogP contribution < -0.4 is 42.3 Å². The summed E-state index contributed by atoms with van der Waals surface area (Å²) in [5.41, 5.74) is 12.9. The van der Waals surface area contributed by atoms with Gasteiger partial charge in [0.15, 0.2) is 0 Å². The summed E-state index contributed by atoms with van der Waals surface area (Å²) in [6.07, 6.45) is 0. The summed E-state index contributed by atoms with van der Waals surface area (Å²) in [7, 11) is 0. The molecule has 0 atom stereocenters. The van der Waals surface area contributed by atoms with Gasteiger partial charge in [-0.1, -0.05) is 120 Å². The van der Waals surface area contributed by atoms with Crippen LogP contribution in [0, 0.1) is 0 Å². The standard InChI is InChI=1S/C42H22B2O2/c1-2-10-24-21-25(20-19-23(24)9-1)36-26-11-7-15-30-37(26)39-38-27(36)12-8-16-31(38)44-29-14-4-6-18-33(29)46-35-22-34-41(40(39)42(35)44)43(30)28-13-3-5-17-32(28)45-34/h1-22H. The molecule has 2 nitrogen and oxygen atoms in total. The van der Waals surface area contributed by atoms with Crippen LogP contribution in [0.4, 0.5) is 0 Å². The van der Waals surface area contributed by atoms with Crippen molar-refractivity contribution in [1.29, 1.82) is 0 Å². The number of rotatable bonds is 1. The molecule has 0 aromatic heterocycles. The van der Waals surface area contributed by atoms with Gasteiger partial charge < -0.3 is 9.47 Å². The van der Waals surface area contributed by atoms with Crippen molar-refractivity contribution in [3.63, 3.8) is 0 Å². The second-order valence-corrected chi connectivity index (χ2v) is 13.1. The van der Waals surface area contributed by atoms with Crippen LogP contribution >= 0.6 is 0 Å². The molecule has 0 saturated heterocycles. The van der Waals surface area contributed by atoms with Crippen LogP contribution in [0.3, 0.4) is 0 Å². The van der Waals surface area contributed by atoms with Crippen molar-refractivity contribution >= 4 is 78.5 Å². The molecule has 4 aliphatic rings. The van der Waals surface area contributed by atoms with E-state index in [-0.39, 0.29) is 13.4 Å². The minimum absolute atomic E-state index is 0.0708. The normalized spacial score (nSPS) is 13.9. The first-order chi connectivity index (χ1) is 22.8. The third-order valence-electron chi connectivity index (χ3n) is 11.0. The zero-order valence-corrected chi connectivity index (χ0v) is 24.7. The number of fused-ring (bicyclic) bond motifs is 7. The van der Waals surface area contributed by atoms with Gasteiger partial charge in [-0.2, -0.15) is 0 Å². The summed E-state index contributed by atoms with van der Waals surface area (Å²) in [5.74, 6) is 3.66. The van der Waals surface area contributed by atoms with E-state index in [0.717, 1.165) is 23.0 Å². The molecular formula is C42H22B2O2. The second-order valence-electron chi connectivity index (χ2n) is 13.1. The topological polar surface area (TPSA) is 18.5 Å². The molecule has 0 N–H and O–H groups in total. The van der Waals surface area contributed by atoms with Crippen LogP contribution in [0.5, 0.6) is 23.0 Å². The lowest BCUT2D eigenvalue weighted by molar-refractivity contribution is 0.466. The summed E-state index contributed by atoms with van der Waals surface area (Å²) in [4.78, 5) is 0. The SMILES string of the molecule is c1ccc2c(c1)Oc1cc3c4c5c1B2c1cccc2c(-c6ccc7ccccc7c6)c6cccc(c6c-5c12)B4c1ccccc1O3. The highest BCUT2D eigenvalue weighted by atomic mass is 16.5. The first-order valence-electron chi connectivity index (χ1n) is 16.1. The van der Waals surface area contributed by atoms with Gasteiger partial charge in [-0.3, -0.25) is 0 Å². The van der Waals surface area contributed by atoms with Gasteiger partial charge in [0.05, 0.1) is 0 Å². The number of ether oxygens (including phenoxy) is 2. The maximum Gasteiger partial charge on any atom is 0.252 e. The van der Waals surface area contributed by atoms with E-state index in [1.807, 2.05) is 0 Å². The quantitative estimate of drug-likeness (QED) is 0.167. The summed E-state index contributed by atoms with van der Waals surface area (Å²) < 4.78 is 13.5. The van der Waals surface area contributed by atoms with Crippen molar-refractivity contribution in [1.82, 2.24) is 0 Å². The van der Waals surface area contributed by atoms with Crippen LogP contribution in [0.15, 0.2) is 133 Å². The molecule has 4 heteroatoms. The average Bonchev–Trinajstić information content (AvgIpc) is 3.11. The van der Waals surface area contributed by atoms with Crippen molar-refractivity contribution in [3.05, 3.63) is 133 Å². The average molecular weight is 580 g/mol. The highest BCUT2D eigenvalue weighted by molar-refractivity contribution is 7.04. The molecule has 0 amide bonds. The van der Waals surface area contributed by atoms with Crippen LogP contribution in [-0.4, -0.2) is 13.4 Å². The number of para-hydroxylation sites is 2. The zero-order chi connectivity index (χ0) is 29.7. The van der Waals surface area contributed by atoms with E-state index in [9.17, 15) is 0 Å². The molecule has 0 aliphatic carbocycles. The molecule has 0 saturated carbocycles. The molecule has 0 spiro atoms. The minimum atomic E-state index is 0.0708. The van der Waals surface area contributed by atoms with E-state index >= 15 is 0 Å². The Morgan fingerprint density at radius 3 is 1.54 bits per heavy atom. The number of hydrogen-bond donors (Lipinski definition) is 0. The van der Waals surface area contributed by atoms with Crippen molar-refractivity contribution in [3.8, 4) is 45.3 Å². The molecule has 0 radical (unpaired) electrons. The van der Waals surface area contributed by atoms with Crippen molar-refractivity contribution in [2.45, 2.75) is 0 Å². The maximum atomic E-state index is 6.77. The van der Waals surface area contributed by atoms with Crippen molar-refractivity contribution < 1.29 is 9.47 Å². The number of hydrogen-bond acceptors (Lipinski definition) is 2. The maximum absolute atomic E-state index is 6.77.